The van der Waals surface area contributed by atoms with Crippen LogP contribution < -0.4 is 0 Å². The van der Waals surface area contributed by atoms with Gasteiger partial charge in [0.1, 0.15) is 0 Å². The first-order valence-corrected chi connectivity index (χ1v) is 21.4. The van der Waals surface area contributed by atoms with Crippen LogP contribution in [-0.4, -0.2) is 24.1 Å². The molecule has 284 valence electrons. The maximum atomic E-state index is 5.11. The minimum Gasteiger partial charge on any atom is -0.309 e. The normalized spacial score (nSPS) is 11.9. The van der Waals surface area contributed by atoms with Crippen molar-refractivity contribution in [2.24, 2.45) is 0 Å². The highest BCUT2D eigenvalue weighted by Crippen LogP contribution is 2.51. The van der Waals surface area contributed by atoms with Crippen molar-refractivity contribution in [3.8, 4) is 45.5 Å². The van der Waals surface area contributed by atoms with E-state index in [1.54, 1.807) is 0 Å². The summed E-state index contributed by atoms with van der Waals surface area (Å²) in [5, 5.41) is 9.77. The van der Waals surface area contributed by atoms with Gasteiger partial charge in [0.15, 0.2) is 17.5 Å². The lowest BCUT2D eigenvalue weighted by Gasteiger charge is -2.14. The molecular formula is C55H33N5S. The van der Waals surface area contributed by atoms with E-state index in [-0.39, 0.29) is 0 Å². The van der Waals surface area contributed by atoms with Gasteiger partial charge in [0, 0.05) is 65.1 Å². The average Bonchev–Trinajstić information content (AvgIpc) is 4.00. The van der Waals surface area contributed by atoms with Crippen LogP contribution in [0.4, 0.5) is 0 Å². The van der Waals surface area contributed by atoms with Crippen LogP contribution in [0.2, 0.25) is 0 Å². The van der Waals surface area contributed by atoms with E-state index < -0.39 is 0 Å². The Bertz CT molecular complexity index is 3810. The molecule has 0 spiro atoms. The Balaban J connectivity index is 1.12. The van der Waals surface area contributed by atoms with Crippen molar-refractivity contribution in [2.75, 3.05) is 0 Å². The molecule has 0 radical (unpaired) electrons. The third-order valence-electron chi connectivity index (χ3n) is 12.1. The van der Waals surface area contributed by atoms with E-state index >= 15 is 0 Å². The number of hydrogen-bond acceptors (Lipinski definition) is 4. The first kappa shape index (κ1) is 34.0. The molecule has 4 aromatic heterocycles. The fourth-order valence-corrected chi connectivity index (χ4v) is 10.8. The molecule has 0 saturated carbocycles. The monoisotopic (exact) mass is 795 g/mol. The van der Waals surface area contributed by atoms with E-state index in [0.717, 1.165) is 38.8 Å². The summed E-state index contributed by atoms with van der Waals surface area (Å²) in [5.41, 5.74) is 9.98. The number of fused-ring (bicyclic) bond motifs is 13. The Morgan fingerprint density at radius 1 is 0.361 bits per heavy atom. The number of nitrogens with zero attached hydrogens (tertiary/aromatic N) is 5. The Morgan fingerprint density at radius 2 is 0.902 bits per heavy atom. The molecule has 4 heterocycles. The van der Waals surface area contributed by atoms with Crippen LogP contribution in [0.3, 0.4) is 0 Å². The van der Waals surface area contributed by atoms with Gasteiger partial charge >= 0.3 is 0 Å². The maximum Gasteiger partial charge on any atom is 0.164 e. The lowest BCUT2D eigenvalue weighted by atomic mass is 10.0. The number of aromatic nitrogens is 5. The predicted octanol–water partition coefficient (Wildman–Crippen LogP) is 14.6. The van der Waals surface area contributed by atoms with Gasteiger partial charge < -0.3 is 9.13 Å². The van der Waals surface area contributed by atoms with Crippen molar-refractivity contribution in [3.63, 3.8) is 0 Å². The van der Waals surface area contributed by atoms with Crippen molar-refractivity contribution in [3.05, 3.63) is 200 Å². The Labute approximate surface area is 354 Å². The molecule has 13 rings (SSSR count). The molecule has 0 N–H and O–H groups in total. The van der Waals surface area contributed by atoms with Gasteiger partial charge in [0.2, 0.25) is 0 Å². The molecule has 13 aromatic rings. The van der Waals surface area contributed by atoms with Crippen molar-refractivity contribution in [2.45, 2.75) is 0 Å². The molecule has 0 saturated heterocycles. The molecule has 0 aliphatic carbocycles. The van der Waals surface area contributed by atoms with Gasteiger partial charge in [-0.25, -0.2) is 15.0 Å². The van der Waals surface area contributed by atoms with Crippen LogP contribution in [0.5, 0.6) is 0 Å². The zero-order valence-corrected chi connectivity index (χ0v) is 33.5. The van der Waals surface area contributed by atoms with Crippen LogP contribution in [0.15, 0.2) is 200 Å². The predicted molar refractivity (Wildman–Crippen MR) is 255 cm³/mol. The highest BCUT2D eigenvalue weighted by Gasteiger charge is 2.27. The van der Waals surface area contributed by atoms with Crippen LogP contribution in [0, 0.1) is 0 Å². The topological polar surface area (TPSA) is 48.5 Å². The Morgan fingerprint density at radius 3 is 1.57 bits per heavy atom. The second-order valence-corrected chi connectivity index (χ2v) is 16.6. The highest BCUT2D eigenvalue weighted by atomic mass is 32.1. The fraction of sp³-hybridized carbons (Fsp3) is 0. The summed E-state index contributed by atoms with van der Waals surface area (Å²) in [6, 6.07) is 71.2. The van der Waals surface area contributed by atoms with E-state index in [4.69, 9.17) is 15.0 Å². The van der Waals surface area contributed by atoms with Gasteiger partial charge in [0.25, 0.3) is 0 Å². The number of thiophene rings is 1. The smallest absolute Gasteiger partial charge is 0.164 e. The summed E-state index contributed by atoms with van der Waals surface area (Å²) in [4.78, 5) is 15.2. The summed E-state index contributed by atoms with van der Waals surface area (Å²) in [6.07, 6.45) is 0. The van der Waals surface area contributed by atoms with Crippen LogP contribution >= 0.6 is 11.3 Å². The molecule has 0 atom stereocenters. The van der Waals surface area contributed by atoms with Gasteiger partial charge in [-0.05, 0) is 53.2 Å². The van der Waals surface area contributed by atoms with Crippen LogP contribution in [0.1, 0.15) is 0 Å². The molecule has 5 nitrogen and oxygen atoms in total. The van der Waals surface area contributed by atoms with Crippen LogP contribution in [0.25, 0.3) is 120 Å². The van der Waals surface area contributed by atoms with E-state index in [2.05, 4.69) is 173 Å². The Kier molecular flexibility index (Phi) is 7.41. The van der Waals surface area contributed by atoms with Crippen molar-refractivity contribution >= 4 is 85.9 Å². The molecule has 0 fully saturated rings. The zero-order valence-electron chi connectivity index (χ0n) is 32.7. The van der Waals surface area contributed by atoms with Crippen LogP contribution in [-0.2, 0) is 0 Å². The standard InChI is InChI=1S/C55H33N5S/c1-4-17-34(18-5-1)53-56-54(35-19-6-2-7-20-35)58-55(57-53)40-27-16-21-36-33-38(31-32-39(36)40)60-45-29-14-10-24-41(45)47-48-42-25-11-13-28-44(42)59(37-22-8-3-9-23-37)51(48)52-49(50(47)60)43-26-12-15-30-46(43)61-52/h1-33H. The summed E-state index contributed by atoms with van der Waals surface area (Å²) >= 11 is 1.89. The van der Waals surface area contributed by atoms with Gasteiger partial charge in [0.05, 0.1) is 26.8 Å². The minimum absolute atomic E-state index is 0.645. The third kappa shape index (κ3) is 5.09. The second kappa shape index (κ2) is 13.3. The molecular weight excluding hydrogens is 763 g/mol. The van der Waals surface area contributed by atoms with E-state index in [0.29, 0.717) is 17.5 Å². The lowest BCUT2D eigenvalue weighted by Crippen LogP contribution is -2.00. The third-order valence-corrected chi connectivity index (χ3v) is 13.3. The van der Waals surface area contributed by atoms with E-state index in [1.165, 1.54) is 63.8 Å². The summed E-state index contributed by atoms with van der Waals surface area (Å²) < 4.78 is 7.56. The molecule has 0 aliphatic rings. The minimum atomic E-state index is 0.645. The van der Waals surface area contributed by atoms with Crippen molar-refractivity contribution in [1.82, 2.24) is 24.1 Å². The van der Waals surface area contributed by atoms with Crippen molar-refractivity contribution in [1.29, 1.82) is 0 Å². The number of hydrogen-bond donors (Lipinski definition) is 0. The molecule has 6 heteroatoms. The Hall–Kier alpha value is -7.93. The molecule has 9 aromatic carbocycles. The summed E-state index contributed by atoms with van der Waals surface area (Å²) in [5.74, 6) is 1.94. The second-order valence-electron chi connectivity index (χ2n) is 15.5. The van der Waals surface area contributed by atoms with Gasteiger partial charge in [-0.1, -0.05) is 158 Å². The number of para-hydroxylation sites is 3. The largest absolute Gasteiger partial charge is 0.309 e. The zero-order chi connectivity index (χ0) is 40.0. The molecule has 0 unspecified atom stereocenters. The van der Waals surface area contributed by atoms with Gasteiger partial charge in [-0.3, -0.25) is 0 Å². The lowest BCUT2D eigenvalue weighted by molar-refractivity contribution is 1.08. The molecule has 0 bridgehead atoms. The SMILES string of the molecule is c1ccc(-c2nc(-c3ccccc3)nc(-c3cccc4cc(-n5c6ccccc6c6c7c8ccccc8n(-c8ccccc8)c7c7sc8ccccc8c7c65)ccc34)n2)cc1. The molecule has 61 heavy (non-hydrogen) atoms. The van der Waals surface area contributed by atoms with Crippen molar-refractivity contribution < 1.29 is 0 Å². The number of benzene rings is 9. The summed E-state index contributed by atoms with van der Waals surface area (Å²) in [6.45, 7) is 0. The number of rotatable bonds is 5. The van der Waals surface area contributed by atoms with Gasteiger partial charge in [-0.2, -0.15) is 0 Å². The van der Waals surface area contributed by atoms with Gasteiger partial charge in [-0.15, -0.1) is 11.3 Å². The summed E-state index contributed by atoms with van der Waals surface area (Å²) in [7, 11) is 0. The first-order valence-electron chi connectivity index (χ1n) is 20.5. The quantitative estimate of drug-likeness (QED) is 0.174. The highest BCUT2D eigenvalue weighted by molar-refractivity contribution is 7.27. The first-order chi connectivity index (χ1) is 30.3. The molecule has 0 aliphatic heterocycles. The maximum absolute atomic E-state index is 5.11. The fourth-order valence-electron chi connectivity index (χ4n) is 9.53. The van der Waals surface area contributed by atoms with E-state index in [1.807, 2.05) is 47.7 Å². The average molecular weight is 796 g/mol. The van der Waals surface area contributed by atoms with E-state index in [9.17, 15) is 0 Å². The molecule has 0 amide bonds.